The first-order chi connectivity index (χ1) is 8.00. The van der Waals surface area contributed by atoms with E-state index in [-0.39, 0.29) is 6.16 Å². The number of rotatable bonds is 6. The molecule has 5 nitrogen and oxygen atoms in total. The van der Waals surface area contributed by atoms with Gasteiger partial charge in [0.05, 0.1) is 19.4 Å². The summed E-state index contributed by atoms with van der Waals surface area (Å²) in [7, 11) is -3.12. The molecule has 0 aromatic rings. The maximum absolute atomic E-state index is 12.1. The molecule has 17 heavy (non-hydrogen) atoms. The van der Waals surface area contributed by atoms with Gasteiger partial charge in [-0.15, -0.1) is 0 Å². The lowest BCUT2D eigenvalue weighted by Gasteiger charge is -2.14. The smallest absolute Gasteiger partial charge is 0.350 e. The molecule has 1 rings (SSSR count). The average molecular weight is 325 g/mol. The second-order valence-corrected chi connectivity index (χ2v) is 6.08. The molecule has 0 unspecified atom stereocenters. The van der Waals surface area contributed by atoms with E-state index in [9.17, 15) is 9.36 Å². The van der Waals surface area contributed by atoms with Gasteiger partial charge in [0.15, 0.2) is 0 Å². The Bertz CT molecular complexity index is 392. The van der Waals surface area contributed by atoms with Crippen LogP contribution in [0.5, 0.6) is 0 Å². The predicted octanol–water partition coefficient (Wildman–Crippen LogP) is 2.97. The molecular weight excluding hydrogens is 311 g/mol. The lowest BCUT2D eigenvalue weighted by molar-refractivity contribution is -0.132. The molecule has 0 N–H and O–H groups in total. The molecule has 96 valence electrons. The Morgan fingerprint density at radius 3 is 2.41 bits per heavy atom. The zero-order valence-corrected chi connectivity index (χ0v) is 12.1. The van der Waals surface area contributed by atoms with Gasteiger partial charge >= 0.3 is 13.6 Å². The maximum atomic E-state index is 12.1. The first-order valence-electron chi connectivity index (χ1n) is 5.18. The van der Waals surface area contributed by atoms with Crippen LogP contribution in [0.4, 0.5) is 0 Å². The van der Waals surface area contributed by atoms with Crippen molar-refractivity contribution in [3.63, 3.8) is 0 Å². The number of carbonyl (C=O) groups excluding carboxylic acids is 1. The van der Waals surface area contributed by atoms with Gasteiger partial charge in [-0.2, -0.15) is 0 Å². The molecular formula is C10H14BrO5P. The van der Waals surface area contributed by atoms with Crippen molar-refractivity contribution in [2.45, 2.75) is 13.8 Å². The van der Waals surface area contributed by atoms with Crippen LogP contribution in [0, 0.1) is 0 Å². The number of halogens is 1. The minimum Gasteiger partial charge on any atom is -0.423 e. The summed E-state index contributed by atoms with van der Waals surface area (Å²) >= 11 is 3.04. The van der Waals surface area contributed by atoms with E-state index in [4.69, 9.17) is 13.8 Å². The Morgan fingerprint density at radius 1 is 1.41 bits per heavy atom. The molecule has 1 aliphatic heterocycles. The van der Waals surface area contributed by atoms with Crippen LogP contribution in [0.1, 0.15) is 13.8 Å². The molecule has 0 radical (unpaired) electrons. The van der Waals surface area contributed by atoms with Crippen LogP contribution in [-0.4, -0.2) is 25.3 Å². The van der Waals surface area contributed by atoms with Gasteiger partial charge < -0.3 is 13.8 Å². The predicted molar refractivity (Wildman–Crippen MR) is 66.9 cm³/mol. The topological polar surface area (TPSA) is 61.8 Å². The first kappa shape index (κ1) is 14.6. The van der Waals surface area contributed by atoms with Crippen molar-refractivity contribution in [3.05, 3.63) is 22.4 Å². The Hall–Kier alpha value is -0.420. The number of cyclic esters (lactones) is 1. The fourth-order valence-electron chi connectivity index (χ4n) is 1.21. The third-order valence-electron chi connectivity index (χ3n) is 1.84. The molecule has 1 heterocycles. The molecule has 0 amide bonds. The van der Waals surface area contributed by atoms with Gasteiger partial charge in [-0.3, -0.25) is 4.57 Å². The van der Waals surface area contributed by atoms with Crippen LogP contribution in [0.3, 0.4) is 0 Å². The molecule has 0 saturated heterocycles. The van der Waals surface area contributed by atoms with Crippen LogP contribution in [0.2, 0.25) is 0 Å². The van der Waals surface area contributed by atoms with Crippen molar-refractivity contribution >= 4 is 29.5 Å². The van der Waals surface area contributed by atoms with Gasteiger partial charge in [0.1, 0.15) is 10.2 Å². The van der Waals surface area contributed by atoms with Crippen molar-refractivity contribution in [2.75, 3.05) is 19.4 Å². The van der Waals surface area contributed by atoms with Gasteiger partial charge in [-0.05, 0) is 35.9 Å². The second kappa shape index (κ2) is 6.50. The minimum absolute atomic E-state index is 0.0775. The Kier molecular flexibility index (Phi) is 5.59. The highest BCUT2D eigenvalue weighted by molar-refractivity contribution is 9.12. The SMILES string of the molecule is CCOP(=O)(C/C=C1/C=C(Br)C(=O)O1)OCC. The third kappa shape index (κ3) is 4.39. The quantitative estimate of drug-likeness (QED) is 0.555. The molecule has 0 aliphatic carbocycles. The highest BCUT2D eigenvalue weighted by Gasteiger charge is 2.24. The number of esters is 1. The molecule has 0 spiro atoms. The molecule has 1 aliphatic rings. The van der Waals surface area contributed by atoms with E-state index in [1.807, 2.05) is 0 Å². The number of hydrogen-bond acceptors (Lipinski definition) is 5. The molecule has 7 heteroatoms. The van der Waals surface area contributed by atoms with E-state index < -0.39 is 13.6 Å². The van der Waals surface area contributed by atoms with Gasteiger partial charge in [0, 0.05) is 6.08 Å². The van der Waals surface area contributed by atoms with Gasteiger partial charge in [0.2, 0.25) is 0 Å². The summed E-state index contributed by atoms with van der Waals surface area (Å²) in [6, 6.07) is 0. The number of hydrogen-bond donors (Lipinski definition) is 0. The van der Waals surface area contributed by atoms with Crippen LogP contribution in [0.15, 0.2) is 22.4 Å². The van der Waals surface area contributed by atoms with E-state index in [1.54, 1.807) is 13.8 Å². The lowest BCUT2D eigenvalue weighted by Crippen LogP contribution is -2.00. The Labute approximate surface area is 108 Å². The van der Waals surface area contributed by atoms with Crippen molar-refractivity contribution in [1.82, 2.24) is 0 Å². The van der Waals surface area contributed by atoms with Crippen molar-refractivity contribution in [1.29, 1.82) is 0 Å². The molecule has 0 bridgehead atoms. The number of allylic oxidation sites excluding steroid dienone is 2. The highest BCUT2D eigenvalue weighted by atomic mass is 79.9. The summed E-state index contributed by atoms with van der Waals surface area (Å²) in [5.41, 5.74) is 0. The van der Waals surface area contributed by atoms with Crippen LogP contribution >= 0.6 is 23.5 Å². The van der Waals surface area contributed by atoms with Crippen LogP contribution in [0.25, 0.3) is 0 Å². The van der Waals surface area contributed by atoms with E-state index in [0.29, 0.717) is 23.5 Å². The summed E-state index contributed by atoms with van der Waals surface area (Å²) in [4.78, 5) is 11.1. The average Bonchev–Trinajstić information content (AvgIpc) is 2.57. The lowest BCUT2D eigenvalue weighted by atomic mass is 10.4. The van der Waals surface area contributed by atoms with Crippen molar-refractivity contribution in [2.24, 2.45) is 0 Å². The van der Waals surface area contributed by atoms with Gasteiger partial charge in [0.25, 0.3) is 0 Å². The standard InChI is InChI=1S/C10H14BrO5P/c1-3-14-17(13,15-4-2)6-5-8-7-9(11)10(12)16-8/h5,7H,3-4,6H2,1-2H3/b8-5-. The second-order valence-electron chi connectivity index (χ2n) is 3.12. The largest absolute Gasteiger partial charge is 0.423 e. The number of ether oxygens (including phenoxy) is 1. The van der Waals surface area contributed by atoms with E-state index in [0.717, 1.165) is 0 Å². The Balaban J connectivity index is 2.67. The summed E-state index contributed by atoms with van der Waals surface area (Å²) in [5.74, 6) is -0.111. The molecule has 0 aromatic carbocycles. The maximum Gasteiger partial charge on any atom is 0.350 e. The highest BCUT2D eigenvalue weighted by Crippen LogP contribution is 2.48. The van der Waals surface area contributed by atoms with Crippen molar-refractivity contribution in [3.8, 4) is 0 Å². The van der Waals surface area contributed by atoms with Crippen molar-refractivity contribution < 1.29 is 23.1 Å². The van der Waals surface area contributed by atoms with Crippen LogP contribution < -0.4 is 0 Å². The van der Waals surface area contributed by atoms with E-state index in [1.165, 1.54) is 12.2 Å². The summed E-state index contributed by atoms with van der Waals surface area (Å²) < 4.78 is 27.5. The molecule has 0 atom stereocenters. The van der Waals surface area contributed by atoms with Crippen LogP contribution in [-0.2, 0) is 23.1 Å². The Morgan fingerprint density at radius 2 is 2.00 bits per heavy atom. The summed E-state index contributed by atoms with van der Waals surface area (Å²) in [5, 5.41) is 0. The zero-order chi connectivity index (χ0) is 12.9. The monoisotopic (exact) mass is 324 g/mol. The van der Waals surface area contributed by atoms with Gasteiger partial charge in [-0.1, -0.05) is 0 Å². The fraction of sp³-hybridized carbons (Fsp3) is 0.500. The first-order valence-corrected chi connectivity index (χ1v) is 7.70. The molecule has 0 saturated carbocycles. The summed E-state index contributed by atoms with van der Waals surface area (Å²) in [6.07, 6.45) is 3.12. The molecule has 0 aromatic heterocycles. The normalized spacial score (nSPS) is 18.4. The van der Waals surface area contributed by atoms with E-state index in [2.05, 4.69) is 15.9 Å². The third-order valence-corrected chi connectivity index (χ3v) is 4.33. The summed E-state index contributed by atoms with van der Waals surface area (Å²) in [6.45, 7) is 4.09. The van der Waals surface area contributed by atoms with E-state index >= 15 is 0 Å². The van der Waals surface area contributed by atoms with Gasteiger partial charge in [-0.25, -0.2) is 4.79 Å². The minimum atomic E-state index is -3.12. The fourth-order valence-corrected chi connectivity index (χ4v) is 2.99. The molecule has 0 fully saturated rings. The number of carbonyl (C=O) groups is 1. The zero-order valence-electron chi connectivity index (χ0n) is 9.64.